The summed E-state index contributed by atoms with van der Waals surface area (Å²) < 4.78 is 47.8. The van der Waals surface area contributed by atoms with E-state index in [1.807, 2.05) is 35.2 Å². The largest absolute Gasteiger partial charge is 0.465 e. The van der Waals surface area contributed by atoms with Crippen molar-refractivity contribution in [3.63, 3.8) is 0 Å². The molecule has 0 amide bonds. The Bertz CT molecular complexity index is 1460. The van der Waals surface area contributed by atoms with Crippen molar-refractivity contribution in [3.05, 3.63) is 36.4 Å². The highest BCUT2D eigenvalue weighted by atomic mass is 32.2. The van der Waals surface area contributed by atoms with Crippen molar-refractivity contribution in [2.45, 2.75) is 51.4 Å². The predicted octanol–water partition coefficient (Wildman–Crippen LogP) is 4.79. The number of piperidine rings is 2. The van der Waals surface area contributed by atoms with Crippen LogP contribution in [-0.4, -0.2) is 74.8 Å². The molecule has 13 heteroatoms. The molecule has 2 aliphatic heterocycles. The van der Waals surface area contributed by atoms with Gasteiger partial charge in [-0.05, 0) is 68.4 Å². The fourth-order valence-corrected chi connectivity index (χ4v) is 6.47. The Balaban J connectivity index is 1.24. The van der Waals surface area contributed by atoms with Crippen molar-refractivity contribution in [1.82, 2.24) is 20.2 Å². The molecule has 10 nitrogen and oxygen atoms in total. The first-order valence-corrected chi connectivity index (χ1v) is 15.8. The molecule has 2 N–H and O–H groups in total. The minimum absolute atomic E-state index is 0.187. The van der Waals surface area contributed by atoms with Crippen LogP contribution in [0, 0.1) is 5.41 Å². The highest BCUT2D eigenvalue weighted by molar-refractivity contribution is 7.87. The average molecular weight is 600 g/mol. The third-order valence-electron chi connectivity index (χ3n) is 8.43. The average Bonchev–Trinajstić information content (AvgIpc) is 3.53. The van der Waals surface area contributed by atoms with E-state index in [0.717, 1.165) is 37.2 Å². The van der Waals surface area contributed by atoms with Gasteiger partial charge in [0.05, 0.1) is 6.61 Å². The number of halogens is 2. The molecule has 1 atom stereocenters. The van der Waals surface area contributed by atoms with Crippen LogP contribution in [0.2, 0.25) is 0 Å². The van der Waals surface area contributed by atoms with Gasteiger partial charge >= 0.3 is 5.97 Å². The van der Waals surface area contributed by atoms with Crippen molar-refractivity contribution in [1.29, 1.82) is 0 Å². The number of benzene rings is 1. The minimum atomic E-state index is -2.62. The third kappa shape index (κ3) is 6.40. The summed E-state index contributed by atoms with van der Waals surface area (Å²) in [6, 6.07) is 11.1. The Hall–Kier alpha value is -3.61. The topological polar surface area (TPSA) is 116 Å². The van der Waals surface area contributed by atoms with E-state index in [0.29, 0.717) is 34.3 Å². The third-order valence-corrected chi connectivity index (χ3v) is 9.39. The van der Waals surface area contributed by atoms with Gasteiger partial charge in [0, 0.05) is 56.0 Å². The lowest BCUT2D eigenvalue weighted by Gasteiger charge is -2.35. The second-order valence-corrected chi connectivity index (χ2v) is 12.5. The van der Waals surface area contributed by atoms with Gasteiger partial charge in [-0.1, -0.05) is 6.07 Å². The molecule has 1 unspecified atom stereocenters. The fourth-order valence-electron chi connectivity index (χ4n) is 5.71. The molecular weight excluding hydrogens is 564 g/mol. The van der Waals surface area contributed by atoms with E-state index in [1.54, 1.807) is 13.0 Å². The van der Waals surface area contributed by atoms with Crippen LogP contribution in [0.5, 0.6) is 0 Å². The maximum Gasteiger partial charge on any atom is 0.320 e. The number of H-pyrrole nitrogens is 1. The molecule has 4 heterocycles. The van der Waals surface area contributed by atoms with Gasteiger partial charge in [0.2, 0.25) is 0 Å². The Morgan fingerprint density at radius 3 is 2.48 bits per heavy atom. The van der Waals surface area contributed by atoms with Crippen LogP contribution < -0.4 is 14.5 Å². The normalized spacial score (nSPS) is 19.9. The van der Waals surface area contributed by atoms with E-state index in [9.17, 15) is 17.8 Å². The van der Waals surface area contributed by atoms with E-state index in [4.69, 9.17) is 14.7 Å². The number of esters is 1. The van der Waals surface area contributed by atoms with Gasteiger partial charge in [-0.15, -0.1) is 0 Å². The van der Waals surface area contributed by atoms with Crippen LogP contribution >= 0.6 is 0 Å². The number of anilines is 3. The Morgan fingerprint density at radius 2 is 1.76 bits per heavy atom. The molecule has 1 saturated carbocycles. The van der Waals surface area contributed by atoms with E-state index in [1.165, 1.54) is 12.8 Å². The number of rotatable bonds is 9. The number of alkyl halides is 2. The van der Waals surface area contributed by atoms with Gasteiger partial charge in [0.15, 0.2) is 11.6 Å². The highest BCUT2D eigenvalue weighted by Gasteiger charge is 2.44. The van der Waals surface area contributed by atoms with Gasteiger partial charge in [-0.3, -0.25) is 9.89 Å². The summed E-state index contributed by atoms with van der Waals surface area (Å²) in [6.07, 6.45) is 4.45. The number of pyridine rings is 1. The quantitative estimate of drug-likeness (QED) is 0.338. The van der Waals surface area contributed by atoms with Crippen molar-refractivity contribution < 1.29 is 22.5 Å². The van der Waals surface area contributed by atoms with E-state index >= 15 is 0 Å². The summed E-state index contributed by atoms with van der Waals surface area (Å²) >= 11 is 0. The first-order valence-electron chi connectivity index (χ1n) is 14.5. The van der Waals surface area contributed by atoms with Crippen LogP contribution in [-0.2, 0) is 20.5 Å². The summed E-state index contributed by atoms with van der Waals surface area (Å²) in [4.78, 5) is 25.5. The lowest BCUT2D eigenvalue weighted by Crippen LogP contribution is -2.39. The SMILES string of the molecule is CCOC(=O)CS(=O)Nc1ccc(-c2n[nH]c(-c3cccc(N4CCC(F)(F)CC4)n3)n2)c(N2CCC3(CC2)CC3)c1. The lowest BCUT2D eigenvalue weighted by atomic mass is 9.93. The van der Waals surface area contributed by atoms with Crippen molar-refractivity contribution >= 4 is 34.1 Å². The zero-order valence-corrected chi connectivity index (χ0v) is 24.4. The van der Waals surface area contributed by atoms with Gasteiger partial charge in [-0.25, -0.2) is 23.0 Å². The molecule has 1 aliphatic carbocycles. The molecule has 42 heavy (non-hydrogen) atoms. The molecule has 3 fully saturated rings. The molecule has 1 aromatic carbocycles. The van der Waals surface area contributed by atoms with Crippen LogP contribution in [0.3, 0.4) is 0 Å². The number of nitrogens with one attached hydrogen (secondary N) is 2. The smallest absolute Gasteiger partial charge is 0.320 e. The highest BCUT2D eigenvalue weighted by Crippen LogP contribution is 2.54. The number of ether oxygens (including phenoxy) is 1. The Kier molecular flexibility index (Phi) is 7.86. The van der Waals surface area contributed by atoms with Gasteiger partial charge < -0.3 is 19.3 Å². The van der Waals surface area contributed by atoms with Crippen LogP contribution in [0.1, 0.15) is 45.4 Å². The second-order valence-electron chi connectivity index (χ2n) is 11.3. The summed E-state index contributed by atoms with van der Waals surface area (Å²) in [6.45, 7) is 4.24. The zero-order valence-electron chi connectivity index (χ0n) is 23.6. The van der Waals surface area contributed by atoms with Crippen LogP contribution in [0.25, 0.3) is 22.9 Å². The number of aromatic amines is 1. The molecule has 2 aromatic heterocycles. The fraction of sp³-hybridized carbons (Fsp3) is 0.517. The van der Waals surface area contributed by atoms with Crippen molar-refractivity contribution in [3.8, 4) is 22.9 Å². The maximum atomic E-state index is 13.7. The van der Waals surface area contributed by atoms with Crippen LogP contribution in [0.4, 0.5) is 26.0 Å². The number of carbonyl (C=O) groups is 1. The van der Waals surface area contributed by atoms with Crippen molar-refractivity contribution in [2.24, 2.45) is 5.41 Å². The number of hydrogen-bond donors (Lipinski definition) is 2. The molecule has 1 spiro atoms. The Morgan fingerprint density at radius 1 is 1.02 bits per heavy atom. The van der Waals surface area contributed by atoms with E-state index in [2.05, 4.69) is 19.8 Å². The van der Waals surface area contributed by atoms with E-state index < -0.39 is 22.9 Å². The summed E-state index contributed by atoms with van der Waals surface area (Å²) in [5.41, 5.74) is 3.43. The molecule has 0 bridgehead atoms. The number of aromatic nitrogens is 4. The molecule has 3 aliphatic rings. The minimum Gasteiger partial charge on any atom is -0.465 e. The lowest BCUT2D eigenvalue weighted by molar-refractivity contribution is -0.139. The first-order chi connectivity index (χ1) is 20.2. The van der Waals surface area contributed by atoms with Crippen molar-refractivity contribution in [2.75, 3.05) is 53.1 Å². The zero-order chi connectivity index (χ0) is 29.3. The molecule has 3 aromatic rings. The molecule has 6 rings (SSSR count). The summed E-state index contributed by atoms with van der Waals surface area (Å²) in [5, 5.41) is 7.51. The monoisotopic (exact) mass is 599 g/mol. The molecule has 0 radical (unpaired) electrons. The van der Waals surface area contributed by atoms with Gasteiger partial charge in [0.1, 0.15) is 28.3 Å². The number of hydrogen-bond acceptors (Lipinski definition) is 8. The van der Waals surface area contributed by atoms with Gasteiger partial charge in [-0.2, -0.15) is 5.10 Å². The predicted molar refractivity (Wildman–Crippen MR) is 158 cm³/mol. The molecule has 224 valence electrons. The summed E-state index contributed by atoms with van der Waals surface area (Å²) in [5.74, 6) is -1.78. The Labute approximate surface area is 245 Å². The van der Waals surface area contributed by atoms with Gasteiger partial charge in [0.25, 0.3) is 5.92 Å². The number of carbonyl (C=O) groups excluding carboxylic acids is 1. The van der Waals surface area contributed by atoms with Crippen LogP contribution in [0.15, 0.2) is 36.4 Å². The summed E-state index contributed by atoms with van der Waals surface area (Å²) in [7, 11) is -1.63. The first kappa shape index (κ1) is 28.5. The molecule has 2 saturated heterocycles. The molecular formula is C29H35F2N7O3S. The van der Waals surface area contributed by atoms with E-state index in [-0.39, 0.29) is 38.3 Å². The standard InChI is InChI=1S/C29H35F2N7O3S/c1-2-41-25(39)19-42(40)36-20-6-7-21(23(18-20)37-14-10-28(8-9-28)11-15-37)26-33-27(35-34-26)22-4-3-5-24(32-22)38-16-12-29(30,31)13-17-38/h3-7,18,36H,2,8-17,19H2,1H3,(H,33,34,35). The second kappa shape index (κ2) is 11.6. The maximum absolute atomic E-state index is 13.7. The number of nitrogens with zero attached hydrogens (tertiary/aromatic N) is 5.